The van der Waals surface area contributed by atoms with Crippen molar-refractivity contribution in [2.75, 3.05) is 83.9 Å². The quantitative estimate of drug-likeness (QED) is 0.0549. The van der Waals surface area contributed by atoms with Crippen LogP contribution >= 0.6 is 22.7 Å². The van der Waals surface area contributed by atoms with Crippen LogP contribution in [-0.4, -0.2) is 210 Å². The first-order valence-electron chi connectivity index (χ1n) is 45.5. The molecule has 0 bridgehead atoms. The minimum Gasteiger partial charge on any atom is -0.341 e. The van der Waals surface area contributed by atoms with Gasteiger partial charge in [0.2, 0.25) is 47.3 Å². The summed E-state index contributed by atoms with van der Waals surface area (Å²) in [5, 5.41) is 30.6. The van der Waals surface area contributed by atoms with Crippen LogP contribution in [0.2, 0.25) is 0 Å². The Morgan fingerprint density at radius 3 is 1.25 bits per heavy atom. The van der Waals surface area contributed by atoms with E-state index in [9.17, 15) is 72.4 Å². The van der Waals surface area contributed by atoms with Crippen molar-refractivity contribution in [3.8, 4) is 0 Å². The Hall–Kier alpha value is -14.1. The highest BCUT2D eigenvalue weighted by Crippen LogP contribution is 2.47. The fraction of sp³-hybridized carbons (Fsp3) is 0.390. The van der Waals surface area contributed by atoms with Gasteiger partial charge in [-0.05, 0) is 200 Å². The lowest BCUT2D eigenvalue weighted by molar-refractivity contribution is -0.385. The van der Waals surface area contributed by atoms with Gasteiger partial charge in [0.05, 0.1) is 81.2 Å². The molecule has 4 aromatic carbocycles. The molecular formula is C100H108N18O15S2. The van der Waals surface area contributed by atoms with Gasteiger partial charge in [0.25, 0.3) is 35.2 Å². The largest absolute Gasteiger partial charge is 0.341 e. The van der Waals surface area contributed by atoms with Gasteiger partial charge in [0.15, 0.2) is 0 Å². The van der Waals surface area contributed by atoms with Gasteiger partial charge in [0.1, 0.15) is 5.69 Å². The Balaban J connectivity index is 0.000000118. The predicted octanol–water partition coefficient (Wildman–Crippen LogP) is 11.6. The summed E-state index contributed by atoms with van der Waals surface area (Å²) in [6.07, 6.45) is 18.2. The van der Waals surface area contributed by atoms with Gasteiger partial charge < -0.3 is 66.6 Å². The van der Waals surface area contributed by atoms with E-state index in [4.69, 9.17) is 0 Å². The number of fused-ring (bicyclic) bond motifs is 3. The summed E-state index contributed by atoms with van der Waals surface area (Å²) in [4.78, 5) is 199. The van der Waals surface area contributed by atoms with Crippen LogP contribution < -0.4 is 37.2 Å². The molecule has 12 fully saturated rings. The lowest BCUT2D eigenvalue weighted by Gasteiger charge is -2.33. The monoisotopic (exact) mass is 1860 g/mol. The molecule has 21 rings (SSSR count). The van der Waals surface area contributed by atoms with E-state index in [1.54, 1.807) is 71.4 Å². The van der Waals surface area contributed by atoms with Crippen molar-refractivity contribution in [2.24, 2.45) is 32.5 Å². The second-order valence-electron chi connectivity index (χ2n) is 37.6. The maximum absolute atomic E-state index is 12.9. The number of benzene rings is 4. The molecule has 13 amide bonds. The molecule has 0 aliphatic carbocycles. The molecule has 12 saturated heterocycles. The van der Waals surface area contributed by atoms with Crippen molar-refractivity contribution in [3.05, 3.63) is 262 Å². The minimum absolute atomic E-state index is 0.00521. The van der Waals surface area contributed by atoms with Gasteiger partial charge in [-0.15, -0.1) is 22.7 Å². The van der Waals surface area contributed by atoms with Gasteiger partial charge >= 0.3 is 0 Å². The topological polar surface area (TPSA) is 420 Å². The number of carbonyl (C=O) groups excluding carboxylic acids is 13. The third-order valence-corrected chi connectivity index (χ3v) is 30.5. The van der Waals surface area contributed by atoms with Crippen LogP contribution in [0, 0.1) is 42.6 Å². The molecule has 7 atom stereocenters. The van der Waals surface area contributed by atoms with Crippen molar-refractivity contribution in [2.45, 2.75) is 135 Å². The maximum Gasteiger partial charge on any atom is 0.273 e. The number of rotatable bonds is 8. The van der Waals surface area contributed by atoms with Crippen LogP contribution in [0.15, 0.2) is 212 Å². The second kappa shape index (κ2) is 38.8. The van der Waals surface area contributed by atoms with E-state index in [0.29, 0.717) is 138 Å². The molecule has 0 saturated carbocycles. The summed E-state index contributed by atoms with van der Waals surface area (Å²) in [6.45, 7) is 31.0. The number of nitrogens with one attached hydrogen (secondary N) is 7. The molecule has 7 N–H and O–H groups in total. The Morgan fingerprint density at radius 2 is 0.807 bits per heavy atom. The SMILES string of the molecule is C=C1CCC2(CCN(C(=O)C(C)c3cccnc3)C2)C(=O)N1.C=C1CCC2(CCN(C(=O)c3cc([N+](=O)[O-])ccn3)C2)C(=O)N1.C=C1CCC2(CCN(C(=O)c3ccc4ncsc4c3)C2)C(=O)N1.C=C1CCC2(CCN(C(=O)c3ccc4scnc4c3)C2)C(=O)N1.C=C1CCC2(CCN(C(=O)c3cccc4c3CC(=O)N4)C2)C(=O)N1.C=C1CCC2(CCN(C(=O)c3ccccc3)C2)C(=O)N1. The fourth-order valence-corrected chi connectivity index (χ4v) is 21.7. The maximum atomic E-state index is 12.9. The second-order valence-corrected chi connectivity index (χ2v) is 39.4. The first kappa shape index (κ1) is 94.1. The van der Waals surface area contributed by atoms with Crippen LogP contribution in [0.1, 0.15) is 191 Å². The summed E-state index contributed by atoms with van der Waals surface area (Å²) in [5.74, 6) is -0.796. The third-order valence-electron chi connectivity index (χ3n) is 28.9. The number of piperidine rings is 6. The highest BCUT2D eigenvalue weighted by atomic mass is 32.1. The minimum atomic E-state index is -0.586. The van der Waals surface area contributed by atoms with E-state index < -0.39 is 37.4 Å². The number of anilines is 1. The van der Waals surface area contributed by atoms with Gasteiger partial charge in [-0.1, -0.05) is 69.8 Å². The Labute approximate surface area is 788 Å². The number of likely N-dealkylation sites (tertiary alicyclic amines) is 6. The molecule has 0 radical (unpaired) electrons. The normalized spacial score (nSPS) is 25.1. The number of thiazole rings is 2. The highest BCUT2D eigenvalue weighted by molar-refractivity contribution is 7.17. The van der Waals surface area contributed by atoms with E-state index in [1.165, 1.54) is 23.6 Å². The van der Waals surface area contributed by atoms with E-state index in [2.05, 4.69) is 96.6 Å². The third kappa shape index (κ3) is 19.8. The first-order valence-corrected chi connectivity index (χ1v) is 47.3. The Bertz CT molecular complexity index is 6120. The van der Waals surface area contributed by atoms with Crippen molar-refractivity contribution in [1.82, 2.24) is 81.2 Å². The van der Waals surface area contributed by atoms with Gasteiger partial charge in [-0.3, -0.25) is 82.4 Å². The van der Waals surface area contributed by atoms with E-state index in [1.807, 2.05) is 96.8 Å². The summed E-state index contributed by atoms with van der Waals surface area (Å²) in [7, 11) is 0. The number of nitro groups is 1. The standard InChI is InChI=1S/C18H19N3O3.2C17H17N3O2S.C17H21N3O2.C16H18N2O2.C15H16N4O4/c1-11-5-6-18(17(24)19-11)7-8-21(10-18)16(23)12-3-2-4-14-13(12)9-15(22)20-14;1-11-4-5-17(16(22)19-11)6-7-20(9-17)15(21)12-2-3-14-13(8-12)18-10-23-14;1-11-4-5-17(16(22)19-11)6-7-20(9-17)15(21)12-2-3-13-14(8-12)23-10-18-13;1-12-5-6-17(16(22)19-12)7-9-20(11-17)15(21)13(2)14-4-3-8-18-10-14;1-12-7-8-16(15(20)17-12)9-10-18(11-16)14(19)13-5-3-2-4-6-13;1-10-2-4-15(14(21)17-10)5-7-18(9-15)13(20)12-8-11(19(22)23)3-6-16-12/h2-4H,1,5-10H2,(H,19,24)(H,20,22);2*2-3,8,10H,1,4-7,9H2,(H,19,22);3-4,8,10,13H,1,5-7,9,11H2,2H3,(H,19,22);2-6H,1,7-11H2,(H,17,20);3,6,8H,1-2,4-5,7,9H2,(H,17,21). The number of allylic oxidation sites excluding steroid dienone is 6. The smallest absolute Gasteiger partial charge is 0.273 e. The molecule has 13 aliphatic rings. The van der Waals surface area contributed by atoms with Crippen molar-refractivity contribution in [1.29, 1.82) is 0 Å². The van der Waals surface area contributed by atoms with Crippen molar-refractivity contribution >= 4 is 131 Å². The van der Waals surface area contributed by atoms with Gasteiger partial charge in [-0.25, -0.2) is 9.97 Å². The molecule has 8 aromatic rings. The number of nitrogens with zero attached hydrogens (tertiary/aromatic N) is 11. The van der Waals surface area contributed by atoms with Gasteiger partial charge in [0, 0.05) is 171 Å². The average molecular weight is 1870 g/mol. The zero-order valence-corrected chi connectivity index (χ0v) is 77.0. The van der Waals surface area contributed by atoms with Crippen molar-refractivity contribution in [3.63, 3.8) is 0 Å². The molecule has 35 heteroatoms. The molecule has 33 nitrogen and oxygen atoms in total. The summed E-state index contributed by atoms with van der Waals surface area (Å²) in [5.41, 5.74) is 11.9. The van der Waals surface area contributed by atoms with Crippen LogP contribution in [0.5, 0.6) is 0 Å². The fourth-order valence-electron chi connectivity index (χ4n) is 20.4. The van der Waals surface area contributed by atoms with Crippen LogP contribution in [0.3, 0.4) is 0 Å². The molecule has 7 unspecified atom stereocenters. The molecule has 135 heavy (non-hydrogen) atoms. The number of hydrogen-bond donors (Lipinski definition) is 7. The predicted molar refractivity (Wildman–Crippen MR) is 505 cm³/mol. The molecule has 6 spiro atoms. The molecule has 700 valence electrons. The average Bonchev–Trinajstić information content (AvgIpc) is 1.64. The Morgan fingerprint density at radius 1 is 0.400 bits per heavy atom. The van der Waals surface area contributed by atoms with Crippen LogP contribution in [-0.2, 0) is 44.8 Å². The zero-order valence-electron chi connectivity index (χ0n) is 75.4. The molecule has 4 aromatic heterocycles. The van der Waals surface area contributed by atoms with Crippen molar-refractivity contribution < 1.29 is 67.3 Å². The number of hydrogen-bond acceptors (Lipinski definition) is 21. The van der Waals surface area contributed by atoms with Crippen LogP contribution in [0.25, 0.3) is 20.4 Å². The lowest BCUT2D eigenvalue weighted by Crippen LogP contribution is -2.47. The highest BCUT2D eigenvalue weighted by Gasteiger charge is 2.54. The number of carbonyl (C=O) groups is 13. The summed E-state index contributed by atoms with van der Waals surface area (Å²) < 4.78 is 2.08. The van der Waals surface area contributed by atoms with Gasteiger partial charge in [-0.2, -0.15) is 0 Å². The number of aromatic nitrogens is 4. The van der Waals surface area contributed by atoms with E-state index >= 15 is 0 Å². The van der Waals surface area contributed by atoms with Crippen LogP contribution in [0.4, 0.5) is 11.4 Å². The Kier molecular flexibility index (Phi) is 27.1. The molecular weight excluding hydrogens is 1760 g/mol. The summed E-state index contributed by atoms with van der Waals surface area (Å²) in [6, 6.07) is 31.9. The molecule has 13 aliphatic heterocycles. The lowest BCUT2D eigenvalue weighted by atomic mass is 9.78. The molecule has 17 heterocycles. The summed E-state index contributed by atoms with van der Waals surface area (Å²) >= 11 is 3.09. The van der Waals surface area contributed by atoms with E-state index in [-0.39, 0.29) is 101 Å². The van der Waals surface area contributed by atoms with E-state index in [0.717, 1.165) is 156 Å². The number of pyridine rings is 2. The number of amides is 13. The first-order chi connectivity index (χ1) is 64.7. The zero-order chi connectivity index (χ0) is 95.5.